The molecule has 0 aromatic heterocycles. The molecule has 2 aromatic rings. The summed E-state index contributed by atoms with van der Waals surface area (Å²) in [7, 11) is 0. The van der Waals surface area contributed by atoms with Gasteiger partial charge in [-0.2, -0.15) is 18.3 Å². The summed E-state index contributed by atoms with van der Waals surface area (Å²) in [4.78, 5) is 16.0. The summed E-state index contributed by atoms with van der Waals surface area (Å²) in [6.45, 7) is 3.48. The second-order valence-corrected chi connectivity index (χ2v) is 8.36. The lowest BCUT2D eigenvalue weighted by Crippen LogP contribution is -2.59. The van der Waals surface area contributed by atoms with Gasteiger partial charge >= 0.3 is 6.18 Å². The first-order valence-electron chi connectivity index (χ1n) is 10.2. The molecule has 1 heterocycles. The maximum Gasteiger partial charge on any atom is 0.417 e. The molecule has 12 heteroatoms. The van der Waals surface area contributed by atoms with Crippen molar-refractivity contribution in [1.82, 2.24) is 10.3 Å². The Bertz CT molecular complexity index is 1110. The molecule has 0 saturated carbocycles. The van der Waals surface area contributed by atoms with Gasteiger partial charge in [-0.05, 0) is 44.3 Å². The lowest BCUT2D eigenvalue weighted by atomic mass is 10.0. The summed E-state index contributed by atoms with van der Waals surface area (Å²) >= 11 is 4.58. The fourth-order valence-electron chi connectivity index (χ4n) is 4.03. The van der Waals surface area contributed by atoms with Gasteiger partial charge in [0.15, 0.2) is 5.11 Å². The summed E-state index contributed by atoms with van der Waals surface area (Å²) in [5.74, 6) is -2.24. The predicted octanol–water partition coefficient (Wildman–Crippen LogP) is 3.89. The molecule has 6 nitrogen and oxygen atoms in total. The third-order valence-corrected chi connectivity index (χ3v) is 5.49. The lowest BCUT2D eigenvalue weighted by Gasteiger charge is -2.45. The van der Waals surface area contributed by atoms with Crippen LogP contribution in [0.5, 0.6) is 0 Å². The zero-order valence-electron chi connectivity index (χ0n) is 18.2. The summed E-state index contributed by atoms with van der Waals surface area (Å²) in [5, 5.41) is 3.47. The second kappa shape index (κ2) is 9.92. The molecule has 1 amide bonds. The van der Waals surface area contributed by atoms with E-state index in [0.29, 0.717) is 0 Å². The van der Waals surface area contributed by atoms with Crippen LogP contribution >= 0.6 is 12.2 Å². The quantitative estimate of drug-likeness (QED) is 0.289. The molecular weight excluding hydrogens is 477 g/mol. The Balaban J connectivity index is 1.83. The molecule has 182 valence electrons. The maximum atomic E-state index is 14.8. The number of anilines is 1. The number of carbonyl (C=O) groups is 1. The van der Waals surface area contributed by atoms with Crippen molar-refractivity contribution in [2.24, 2.45) is 10.8 Å². The van der Waals surface area contributed by atoms with Crippen LogP contribution in [0, 0.1) is 11.6 Å². The number of amides is 1. The molecule has 1 fully saturated rings. The van der Waals surface area contributed by atoms with Crippen LogP contribution in [0.15, 0.2) is 41.5 Å². The summed E-state index contributed by atoms with van der Waals surface area (Å²) in [6, 6.07) is 5.41. The Hall–Kier alpha value is -3.28. The smallest absolute Gasteiger partial charge is 0.375 e. The predicted molar refractivity (Wildman–Crippen MR) is 123 cm³/mol. The monoisotopic (exact) mass is 499 g/mol. The largest absolute Gasteiger partial charge is 0.417 e. The number of alkyl halides is 3. The minimum Gasteiger partial charge on any atom is -0.375 e. The Morgan fingerprint density at radius 2 is 1.76 bits per heavy atom. The molecule has 0 bridgehead atoms. The molecule has 1 aliphatic heterocycles. The number of piperazine rings is 1. The van der Waals surface area contributed by atoms with Crippen molar-refractivity contribution >= 4 is 35.1 Å². The second-order valence-electron chi connectivity index (χ2n) is 7.92. The number of nitrogens with one attached hydrogen (secondary N) is 1. The summed E-state index contributed by atoms with van der Waals surface area (Å²) in [6.07, 6.45) is -3.65. The molecule has 34 heavy (non-hydrogen) atoms. The highest BCUT2D eigenvalue weighted by Gasteiger charge is 2.39. The van der Waals surface area contributed by atoms with E-state index >= 15 is 0 Å². The summed E-state index contributed by atoms with van der Waals surface area (Å²) < 4.78 is 69.6. The van der Waals surface area contributed by atoms with Gasteiger partial charge in [-0.25, -0.2) is 8.78 Å². The maximum absolute atomic E-state index is 14.8. The van der Waals surface area contributed by atoms with Gasteiger partial charge in [-0.15, -0.1) is 0 Å². The van der Waals surface area contributed by atoms with Gasteiger partial charge in [0.25, 0.3) is 5.91 Å². The molecule has 3 rings (SSSR count). The minimum absolute atomic E-state index is 0.0292. The first-order chi connectivity index (χ1) is 15.9. The van der Waals surface area contributed by atoms with Gasteiger partial charge < -0.3 is 15.5 Å². The van der Waals surface area contributed by atoms with E-state index in [2.05, 4.69) is 22.7 Å². The van der Waals surface area contributed by atoms with Crippen LogP contribution in [0.1, 0.15) is 35.3 Å². The molecule has 0 radical (unpaired) electrons. The van der Waals surface area contributed by atoms with Crippen molar-refractivity contribution < 1.29 is 26.7 Å². The average Bonchev–Trinajstić information content (AvgIpc) is 2.74. The molecule has 3 N–H and O–H groups in total. The van der Waals surface area contributed by atoms with Gasteiger partial charge in [0.05, 0.1) is 23.0 Å². The SMILES string of the molecule is CC1CN(c2cc(F)c(C=NNC(N)=S)cc2F)CC(C)N1C(=O)c1ccccc1C(F)(F)F. The van der Waals surface area contributed by atoms with Crippen LogP contribution in [0.3, 0.4) is 0 Å². The number of carbonyl (C=O) groups excluding carboxylic acids is 1. The number of halogens is 5. The molecule has 2 aromatic carbocycles. The van der Waals surface area contributed by atoms with Gasteiger partial charge in [0.1, 0.15) is 11.6 Å². The van der Waals surface area contributed by atoms with Crippen LogP contribution < -0.4 is 16.1 Å². The Morgan fingerprint density at radius 1 is 1.15 bits per heavy atom. The lowest BCUT2D eigenvalue weighted by molar-refractivity contribution is -0.138. The van der Waals surface area contributed by atoms with Crippen LogP contribution in [-0.4, -0.2) is 47.3 Å². The fourth-order valence-corrected chi connectivity index (χ4v) is 4.09. The highest BCUT2D eigenvalue weighted by Crippen LogP contribution is 2.34. The van der Waals surface area contributed by atoms with Crippen LogP contribution in [0.4, 0.5) is 27.6 Å². The number of thiocarbonyl (C=S) groups is 1. The average molecular weight is 500 g/mol. The number of hydrogen-bond donors (Lipinski definition) is 2. The van der Waals surface area contributed by atoms with Crippen molar-refractivity contribution in [2.45, 2.75) is 32.1 Å². The van der Waals surface area contributed by atoms with E-state index < -0.39 is 46.9 Å². The van der Waals surface area contributed by atoms with Gasteiger partial charge in [0, 0.05) is 36.8 Å². The van der Waals surface area contributed by atoms with Crippen molar-refractivity contribution in [2.75, 3.05) is 18.0 Å². The third-order valence-electron chi connectivity index (χ3n) is 5.40. The zero-order chi connectivity index (χ0) is 25.2. The van der Waals surface area contributed by atoms with E-state index in [1.54, 1.807) is 18.7 Å². The number of rotatable bonds is 4. The molecule has 1 aliphatic rings. The number of nitrogens with two attached hydrogens (primary N) is 1. The van der Waals surface area contributed by atoms with E-state index in [0.717, 1.165) is 30.5 Å². The van der Waals surface area contributed by atoms with Crippen molar-refractivity contribution in [1.29, 1.82) is 0 Å². The molecule has 2 atom stereocenters. The van der Waals surface area contributed by atoms with Crippen LogP contribution in [0.25, 0.3) is 0 Å². The standard InChI is InChI=1S/C22H22F5N5OS/c1-12-10-31(19-8-17(23)14(7-18(19)24)9-29-30-21(28)34)11-13(2)32(12)20(33)15-5-3-4-6-16(15)22(25,26)27/h3-9,12-13H,10-11H2,1-2H3,(H3,28,30,34). The third kappa shape index (κ3) is 5.44. The van der Waals surface area contributed by atoms with E-state index in [1.807, 2.05) is 0 Å². The summed E-state index contributed by atoms with van der Waals surface area (Å²) in [5.41, 5.74) is 5.83. The Kier molecular flexibility index (Phi) is 7.39. The first-order valence-corrected chi connectivity index (χ1v) is 10.6. The van der Waals surface area contributed by atoms with Crippen LogP contribution in [-0.2, 0) is 6.18 Å². The minimum atomic E-state index is -4.68. The first kappa shape index (κ1) is 25.3. The fraction of sp³-hybridized carbons (Fsp3) is 0.318. The number of hydrogen-bond acceptors (Lipinski definition) is 4. The molecular formula is C22H22F5N5OS. The normalized spacial score (nSPS) is 18.9. The number of hydrazone groups is 1. The number of benzene rings is 2. The van der Waals surface area contributed by atoms with E-state index in [1.165, 1.54) is 17.0 Å². The molecule has 2 unspecified atom stereocenters. The Morgan fingerprint density at radius 3 is 2.35 bits per heavy atom. The number of nitrogens with zero attached hydrogens (tertiary/aromatic N) is 3. The van der Waals surface area contributed by atoms with Gasteiger partial charge in [-0.3, -0.25) is 10.2 Å². The topological polar surface area (TPSA) is 74.0 Å². The highest BCUT2D eigenvalue weighted by atomic mass is 32.1. The van der Waals surface area contributed by atoms with Crippen molar-refractivity contribution in [3.05, 3.63) is 64.7 Å². The van der Waals surface area contributed by atoms with Crippen molar-refractivity contribution in [3.63, 3.8) is 0 Å². The van der Waals surface area contributed by atoms with Gasteiger partial charge in [0.2, 0.25) is 0 Å². The van der Waals surface area contributed by atoms with Gasteiger partial charge in [-0.1, -0.05) is 12.1 Å². The van der Waals surface area contributed by atoms with E-state index in [-0.39, 0.29) is 29.5 Å². The van der Waals surface area contributed by atoms with Crippen molar-refractivity contribution in [3.8, 4) is 0 Å². The molecule has 1 saturated heterocycles. The molecule has 0 spiro atoms. The molecule has 0 aliphatic carbocycles. The van der Waals surface area contributed by atoms with Crippen LogP contribution in [0.2, 0.25) is 0 Å². The van der Waals surface area contributed by atoms with E-state index in [4.69, 9.17) is 5.73 Å². The highest BCUT2D eigenvalue weighted by molar-refractivity contribution is 7.80. The zero-order valence-corrected chi connectivity index (χ0v) is 19.1. The Labute approximate surface area is 198 Å². The van der Waals surface area contributed by atoms with E-state index in [9.17, 15) is 26.7 Å².